The highest BCUT2D eigenvalue weighted by Crippen LogP contribution is 2.33. The molecule has 1 heterocycles. The van der Waals surface area contributed by atoms with Crippen LogP contribution in [-0.4, -0.2) is 40.0 Å². The molecule has 0 saturated heterocycles. The van der Waals surface area contributed by atoms with E-state index in [0.717, 1.165) is 5.56 Å². The van der Waals surface area contributed by atoms with Crippen molar-refractivity contribution in [2.75, 3.05) is 6.54 Å². The molecule has 0 aliphatic rings. The molecule has 36 heavy (non-hydrogen) atoms. The van der Waals surface area contributed by atoms with E-state index in [1.54, 1.807) is 41.9 Å². The first-order valence-corrected chi connectivity index (χ1v) is 12.3. The van der Waals surface area contributed by atoms with Gasteiger partial charge in [-0.2, -0.15) is 5.10 Å². The van der Waals surface area contributed by atoms with Gasteiger partial charge in [0.2, 0.25) is 5.91 Å². The Hall–Kier alpha value is -2.87. The molecule has 2 aromatic carbocycles. The molecule has 10 heteroatoms. The maximum absolute atomic E-state index is 13.5. The maximum atomic E-state index is 13.5. The molecule has 0 aliphatic heterocycles. The highest BCUT2D eigenvalue weighted by Gasteiger charge is 2.34. The van der Waals surface area contributed by atoms with E-state index in [0.29, 0.717) is 32.0 Å². The Morgan fingerprint density at radius 1 is 1.00 bits per heavy atom. The molecule has 2 N–H and O–H groups in total. The molecule has 0 radical (unpaired) electrons. The molecule has 3 rings (SSSR count). The Kier molecular flexibility index (Phi) is 8.49. The molecule has 0 fully saturated rings. The lowest BCUT2D eigenvalue weighted by Crippen LogP contribution is -2.54. The van der Waals surface area contributed by atoms with Crippen LogP contribution in [0.3, 0.4) is 0 Å². The van der Waals surface area contributed by atoms with Gasteiger partial charge in [-0.25, -0.2) is 4.68 Å². The summed E-state index contributed by atoms with van der Waals surface area (Å²) in [7, 11) is 0. The third-order valence-corrected chi connectivity index (χ3v) is 6.30. The molecule has 1 aromatic heterocycles. The van der Waals surface area contributed by atoms with E-state index in [1.807, 2.05) is 32.9 Å². The van der Waals surface area contributed by atoms with Crippen molar-refractivity contribution >= 4 is 52.4 Å². The van der Waals surface area contributed by atoms with Crippen molar-refractivity contribution < 1.29 is 14.4 Å². The quantitative estimate of drug-likeness (QED) is 0.398. The minimum absolute atomic E-state index is 0.120. The molecular formula is C26H27Cl3N4O3. The topological polar surface area (TPSA) is 93.1 Å². The van der Waals surface area contributed by atoms with Gasteiger partial charge in [-0.15, -0.1) is 0 Å². The minimum Gasteiger partial charge on any atom is -0.347 e. The zero-order valence-corrected chi connectivity index (χ0v) is 22.8. The molecule has 1 unspecified atom stereocenters. The van der Waals surface area contributed by atoms with Gasteiger partial charge in [-0.3, -0.25) is 14.4 Å². The van der Waals surface area contributed by atoms with E-state index in [4.69, 9.17) is 34.8 Å². The van der Waals surface area contributed by atoms with Gasteiger partial charge in [0.05, 0.1) is 22.9 Å². The minimum atomic E-state index is -0.910. The normalized spacial score (nSPS) is 12.2. The fourth-order valence-electron chi connectivity index (χ4n) is 3.67. The standard InChI is InChI=1S/C26H27Cl3N4O3/c1-14(34)13-30-25(36)23(26(3,4)5)31-24(35)21-15(2)22(16-6-8-17(27)9-7-16)33(32-21)20-11-10-18(28)12-19(20)29/h6-12,23H,13H2,1-5H3,(H,30,36)(H,31,35). The first-order chi connectivity index (χ1) is 16.8. The second kappa shape index (κ2) is 11.0. The molecule has 3 aromatic rings. The van der Waals surface area contributed by atoms with Gasteiger partial charge in [0.25, 0.3) is 5.91 Å². The summed E-state index contributed by atoms with van der Waals surface area (Å²) in [5.41, 5.74) is 2.00. The van der Waals surface area contributed by atoms with Crippen molar-refractivity contribution in [1.29, 1.82) is 0 Å². The maximum Gasteiger partial charge on any atom is 0.272 e. The van der Waals surface area contributed by atoms with Crippen LogP contribution < -0.4 is 10.6 Å². The van der Waals surface area contributed by atoms with Crippen LogP contribution in [0.2, 0.25) is 15.1 Å². The van der Waals surface area contributed by atoms with Gasteiger partial charge in [-0.05, 0) is 49.6 Å². The number of amides is 2. The average Bonchev–Trinajstić information content (AvgIpc) is 3.12. The second-order valence-corrected chi connectivity index (χ2v) is 10.8. The lowest BCUT2D eigenvalue weighted by Gasteiger charge is -2.30. The molecule has 2 amide bonds. The van der Waals surface area contributed by atoms with E-state index in [-0.39, 0.29) is 18.0 Å². The van der Waals surface area contributed by atoms with Crippen molar-refractivity contribution in [3.05, 3.63) is 68.8 Å². The first kappa shape index (κ1) is 27.7. The van der Waals surface area contributed by atoms with Crippen LogP contribution in [0.1, 0.15) is 43.7 Å². The molecule has 190 valence electrons. The summed E-state index contributed by atoms with van der Waals surface area (Å²) in [5, 5.41) is 11.3. The number of benzene rings is 2. The van der Waals surface area contributed by atoms with Crippen molar-refractivity contribution in [2.24, 2.45) is 5.41 Å². The van der Waals surface area contributed by atoms with Gasteiger partial charge in [-0.1, -0.05) is 67.7 Å². The van der Waals surface area contributed by atoms with Crippen LogP contribution in [0.25, 0.3) is 16.9 Å². The molecular weight excluding hydrogens is 523 g/mol. The average molecular weight is 550 g/mol. The van der Waals surface area contributed by atoms with Crippen LogP contribution in [-0.2, 0) is 9.59 Å². The number of nitrogens with one attached hydrogen (secondary N) is 2. The number of halogens is 3. The zero-order chi connectivity index (χ0) is 26.8. The van der Waals surface area contributed by atoms with Crippen molar-refractivity contribution in [3.63, 3.8) is 0 Å². The Morgan fingerprint density at radius 3 is 2.17 bits per heavy atom. The van der Waals surface area contributed by atoms with Crippen LogP contribution in [0, 0.1) is 12.3 Å². The highest BCUT2D eigenvalue weighted by atomic mass is 35.5. The summed E-state index contributed by atoms with van der Waals surface area (Å²) in [5.74, 6) is -1.18. The SMILES string of the molecule is CC(=O)CNC(=O)C(NC(=O)c1nn(-c2ccc(Cl)cc2Cl)c(-c2ccc(Cl)cc2)c1C)C(C)(C)C. The van der Waals surface area contributed by atoms with Crippen molar-refractivity contribution in [2.45, 2.75) is 40.7 Å². The Bertz CT molecular complexity index is 1310. The number of rotatable bonds is 7. The van der Waals surface area contributed by atoms with Gasteiger partial charge in [0.15, 0.2) is 5.69 Å². The number of nitrogens with zero attached hydrogens (tertiary/aromatic N) is 2. The van der Waals surface area contributed by atoms with E-state index < -0.39 is 23.3 Å². The molecule has 7 nitrogen and oxygen atoms in total. The van der Waals surface area contributed by atoms with Crippen LogP contribution in [0.5, 0.6) is 0 Å². The number of hydrogen-bond acceptors (Lipinski definition) is 4. The van der Waals surface area contributed by atoms with Crippen molar-refractivity contribution in [3.8, 4) is 16.9 Å². The van der Waals surface area contributed by atoms with E-state index in [1.165, 1.54) is 6.92 Å². The fraction of sp³-hybridized carbons (Fsp3) is 0.308. The summed E-state index contributed by atoms with van der Waals surface area (Å²) in [6.45, 7) is 8.50. The predicted molar refractivity (Wildman–Crippen MR) is 143 cm³/mol. The molecule has 0 aliphatic carbocycles. The Labute approximate surface area is 225 Å². The van der Waals surface area contributed by atoms with Gasteiger partial charge in [0.1, 0.15) is 11.8 Å². The molecule has 0 saturated carbocycles. The predicted octanol–water partition coefficient (Wildman–Crippen LogP) is 5.66. The third-order valence-electron chi connectivity index (χ3n) is 5.51. The summed E-state index contributed by atoms with van der Waals surface area (Å²) < 4.78 is 1.58. The molecule has 0 spiro atoms. The number of carbonyl (C=O) groups is 3. The fourth-order valence-corrected chi connectivity index (χ4v) is 4.29. The summed E-state index contributed by atoms with van der Waals surface area (Å²) in [4.78, 5) is 37.6. The third kappa shape index (κ3) is 6.27. The largest absolute Gasteiger partial charge is 0.347 e. The summed E-state index contributed by atoms with van der Waals surface area (Å²) in [6.07, 6.45) is 0. The number of Topliss-reactive ketones (excluding diaryl/α,β-unsaturated/α-hetero) is 1. The number of aromatic nitrogens is 2. The van der Waals surface area contributed by atoms with Gasteiger partial charge in [0, 0.05) is 21.2 Å². The zero-order valence-electron chi connectivity index (χ0n) is 20.6. The smallest absolute Gasteiger partial charge is 0.272 e. The highest BCUT2D eigenvalue weighted by molar-refractivity contribution is 6.35. The number of carbonyl (C=O) groups excluding carboxylic acids is 3. The number of hydrogen-bond donors (Lipinski definition) is 2. The number of ketones is 1. The molecule has 1 atom stereocenters. The summed E-state index contributed by atoms with van der Waals surface area (Å²) >= 11 is 18.7. The Morgan fingerprint density at radius 2 is 1.61 bits per heavy atom. The summed E-state index contributed by atoms with van der Waals surface area (Å²) in [6, 6.07) is 11.2. The Balaban J connectivity index is 2.09. The lowest BCUT2D eigenvalue weighted by atomic mass is 9.86. The van der Waals surface area contributed by atoms with Crippen molar-refractivity contribution in [1.82, 2.24) is 20.4 Å². The van der Waals surface area contributed by atoms with Crippen LogP contribution in [0.4, 0.5) is 0 Å². The van der Waals surface area contributed by atoms with Gasteiger partial charge < -0.3 is 10.6 Å². The monoisotopic (exact) mass is 548 g/mol. The molecule has 0 bridgehead atoms. The second-order valence-electron chi connectivity index (χ2n) is 9.53. The van der Waals surface area contributed by atoms with E-state index in [9.17, 15) is 14.4 Å². The lowest BCUT2D eigenvalue weighted by molar-refractivity contribution is -0.127. The van der Waals surface area contributed by atoms with Gasteiger partial charge >= 0.3 is 0 Å². The van der Waals surface area contributed by atoms with E-state index >= 15 is 0 Å². The van der Waals surface area contributed by atoms with E-state index in [2.05, 4.69) is 15.7 Å². The first-order valence-electron chi connectivity index (χ1n) is 11.2. The van der Waals surface area contributed by atoms with Crippen LogP contribution in [0.15, 0.2) is 42.5 Å². The van der Waals surface area contributed by atoms with Crippen LogP contribution >= 0.6 is 34.8 Å².